The molecule has 0 rings (SSSR count). The fraction of sp³-hybridized carbons (Fsp3) is 1.00. The van der Waals surface area contributed by atoms with Crippen molar-refractivity contribution >= 4 is 11.8 Å². The van der Waals surface area contributed by atoms with Crippen molar-refractivity contribution in [1.29, 1.82) is 0 Å². The Balaban J connectivity index is 3.28. The predicted octanol–water partition coefficient (Wildman–Crippen LogP) is 2.52. The van der Waals surface area contributed by atoms with Crippen molar-refractivity contribution in [2.24, 2.45) is 0 Å². The number of rotatable bonds is 6. The molecule has 0 amide bonds. The molecular weight excluding hydrogens is 154 g/mol. The highest BCUT2D eigenvalue weighted by Gasteiger charge is 2.08. The first-order chi connectivity index (χ1) is 5.22. The van der Waals surface area contributed by atoms with E-state index < -0.39 is 0 Å². The first-order valence-electron chi connectivity index (χ1n) is 4.51. The number of nitrogens with one attached hydrogen (secondary N) is 1. The topological polar surface area (TPSA) is 12.0 Å². The van der Waals surface area contributed by atoms with Gasteiger partial charge in [0.2, 0.25) is 0 Å². The van der Waals surface area contributed by atoms with E-state index in [2.05, 4.69) is 37.8 Å². The molecule has 1 nitrogen and oxygen atoms in total. The lowest BCUT2D eigenvalue weighted by molar-refractivity contribution is 0.605. The number of hydrogen-bond donors (Lipinski definition) is 1. The Labute approximate surface area is 75.3 Å². The van der Waals surface area contributed by atoms with Gasteiger partial charge in [0.25, 0.3) is 0 Å². The van der Waals surface area contributed by atoms with Gasteiger partial charge >= 0.3 is 0 Å². The van der Waals surface area contributed by atoms with Crippen LogP contribution in [0.5, 0.6) is 0 Å². The van der Waals surface area contributed by atoms with Crippen LogP contribution in [0.3, 0.4) is 0 Å². The summed E-state index contributed by atoms with van der Waals surface area (Å²) in [5.74, 6) is 1.31. The maximum absolute atomic E-state index is 3.27. The van der Waals surface area contributed by atoms with Crippen molar-refractivity contribution in [3.8, 4) is 0 Å². The smallest absolute Gasteiger partial charge is 0.0170 e. The molecule has 0 aromatic heterocycles. The van der Waals surface area contributed by atoms with Gasteiger partial charge in [0.05, 0.1) is 0 Å². The summed E-state index contributed by atoms with van der Waals surface area (Å²) in [6, 6.07) is 0.636. The molecule has 0 aromatic carbocycles. The van der Waals surface area contributed by atoms with Crippen molar-refractivity contribution in [3.05, 3.63) is 0 Å². The number of unbranched alkanes of at least 4 members (excludes halogenated alkanes) is 1. The molecule has 0 saturated heterocycles. The standard InChI is InChI=1S/C9H21NS/c1-5-6-7-11-9(3)8(2)10-4/h8-10H,5-7H2,1-4H3. The SMILES string of the molecule is CCCCSC(C)C(C)NC. The predicted molar refractivity (Wildman–Crippen MR) is 55.3 cm³/mol. The lowest BCUT2D eigenvalue weighted by Gasteiger charge is -2.18. The summed E-state index contributed by atoms with van der Waals surface area (Å²) in [6.07, 6.45) is 2.67. The van der Waals surface area contributed by atoms with E-state index in [0.29, 0.717) is 6.04 Å². The van der Waals surface area contributed by atoms with Crippen LogP contribution in [-0.4, -0.2) is 24.1 Å². The van der Waals surface area contributed by atoms with Crippen molar-refractivity contribution < 1.29 is 0 Å². The zero-order valence-electron chi connectivity index (χ0n) is 8.18. The summed E-state index contributed by atoms with van der Waals surface area (Å²) in [4.78, 5) is 0. The van der Waals surface area contributed by atoms with Crippen LogP contribution in [-0.2, 0) is 0 Å². The molecular formula is C9H21NS. The summed E-state index contributed by atoms with van der Waals surface area (Å²) in [5, 5.41) is 4.01. The molecule has 0 aliphatic heterocycles. The second-order valence-corrected chi connectivity index (χ2v) is 4.49. The van der Waals surface area contributed by atoms with E-state index in [1.165, 1.54) is 18.6 Å². The van der Waals surface area contributed by atoms with Crippen LogP contribution >= 0.6 is 11.8 Å². The van der Waals surface area contributed by atoms with Crippen LogP contribution in [0, 0.1) is 0 Å². The van der Waals surface area contributed by atoms with Gasteiger partial charge in [0.1, 0.15) is 0 Å². The van der Waals surface area contributed by atoms with Gasteiger partial charge in [-0.05, 0) is 26.1 Å². The Hall–Kier alpha value is 0.310. The summed E-state index contributed by atoms with van der Waals surface area (Å²) in [7, 11) is 2.03. The molecule has 0 radical (unpaired) electrons. The van der Waals surface area contributed by atoms with Gasteiger partial charge < -0.3 is 5.32 Å². The number of thioether (sulfide) groups is 1. The summed E-state index contributed by atoms with van der Waals surface area (Å²) >= 11 is 2.07. The maximum atomic E-state index is 3.27. The van der Waals surface area contributed by atoms with Crippen LogP contribution in [0.1, 0.15) is 33.6 Å². The molecule has 11 heavy (non-hydrogen) atoms. The third-order valence-corrected chi connectivity index (χ3v) is 3.50. The molecule has 0 aromatic rings. The Bertz CT molecular complexity index is 85.6. The van der Waals surface area contributed by atoms with Crippen LogP contribution in [0.25, 0.3) is 0 Å². The highest BCUT2D eigenvalue weighted by Crippen LogP contribution is 2.15. The Kier molecular flexibility index (Phi) is 7.18. The van der Waals surface area contributed by atoms with E-state index in [1.54, 1.807) is 0 Å². The van der Waals surface area contributed by atoms with Crippen molar-refractivity contribution in [2.75, 3.05) is 12.8 Å². The average molecular weight is 175 g/mol. The van der Waals surface area contributed by atoms with Crippen LogP contribution in [0.15, 0.2) is 0 Å². The zero-order valence-corrected chi connectivity index (χ0v) is 9.00. The van der Waals surface area contributed by atoms with Crippen molar-refractivity contribution in [3.63, 3.8) is 0 Å². The minimum atomic E-state index is 0.636. The van der Waals surface area contributed by atoms with Crippen LogP contribution in [0.2, 0.25) is 0 Å². The lowest BCUT2D eigenvalue weighted by Crippen LogP contribution is -2.30. The molecule has 0 aliphatic carbocycles. The van der Waals surface area contributed by atoms with Gasteiger partial charge in [-0.2, -0.15) is 11.8 Å². The van der Waals surface area contributed by atoms with Gasteiger partial charge in [-0.1, -0.05) is 20.3 Å². The Morgan fingerprint density at radius 1 is 1.36 bits per heavy atom. The summed E-state index contributed by atoms with van der Waals surface area (Å²) in [6.45, 7) is 6.78. The molecule has 0 bridgehead atoms. The van der Waals surface area contributed by atoms with Gasteiger partial charge in [-0.25, -0.2) is 0 Å². The normalized spacial score (nSPS) is 16.4. The third kappa shape index (κ3) is 5.57. The molecule has 0 fully saturated rings. The van der Waals surface area contributed by atoms with E-state index in [9.17, 15) is 0 Å². The Morgan fingerprint density at radius 2 is 2.00 bits per heavy atom. The first-order valence-corrected chi connectivity index (χ1v) is 5.56. The average Bonchev–Trinajstić information content (AvgIpc) is 2.03. The molecule has 0 heterocycles. The van der Waals surface area contributed by atoms with Gasteiger partial charge in [0, 0.05) is 11.3 Å². The fourth-order valence-corrected chi connectivity index (χ4v) is 2.04. The van der Waals surface area contributed by atoms with Gasteiger partial charge in [-0.15, -0.1) is 0 Å². The maximum Gasteiger partial charge on any atom is 0.0170 e. The highest BCUT2D eigenvalue weighted by molar-refractivity contribution is 7.99. The summed E-state index contributed by atoms with van der Waals surface area (Å²) < 4.78 is 0. The van der Waals surface area contributed by atoms with Gasteiger partial charge in [0.15, 0.2) is 0 Å². The molecule has 2 unspecified atom stereocenters. The van der Waals surface area contributed by atoms with Crippen molar-refractivity contribution in [2.45, 2.75) is 44.9 Å². The van der Waals surface area contributed by atoms with E-state index in [-0.39, 0.29) is 0 Å². The zero-order chi connectivity index (χ0) is 8.69. The highest BCUT2D eigenvalue weighted by atomic mass is 32.2. The molecule has 2 heteroatoms. The Morgan fingerprint density at radius 3 is 2.45 bits per heavy atom. The second kappa shape index (κ2) is 6.99. The second-order valence-electron chi connectivity index (χ2n) is 3.01. The largest absolute Gasteiger partial charge is 0.316 e. The first kappa shape index (κ1) is 11.3. The van der Waals surface area contributed by atoms with Crippen molar-refractivity contribution in [1.82, 2.24) is 5.32 Å². The summed E-state index contributed by atoms with van der Waals surface area (Å²) in [5.41, 5.74) is 0. The minimum Gasteiger partial charge on any atom is -0.316 e. The molecule has 0 saturated carbocycles. The van der Waals surface area contributed by atoms with E-state index in [4.69, 9.17) is 0 Å². The quantitative estimate of drug-likeness (QED) is 0.623. The fourth-order valence-electron chi connectivity index (χ4n) is 0.793. The third-order valence-electron chi connectivity index (χ3n) is 2.04. The molecule has 2 atom stereocenters. The molecule has 1 N–H and O–H groups in total. The van der Waals surface area contributed by atoms with Crippen LogP contribution in [0.4, 0.5) is 0 Å². The monoisotopic (exact) mass is 175 g/mol. The molecule has 0 aliphatic rings. The molecule has 0 spiro atoms. The number of hydrogen-bond acceptors (Lipinski definition) is 2. The lowest BCUT2D eigenvalue weighted by atomic mass is 10.3. The van der Waals surface area contributed by atoms with E-state index in [1.807, 2.05) is 7.05 Å². The van der Waals surface area contributed by atoms with E-state index in [0.717, 1.165) is 5.25 Å². The van der Waals surface area contributed by atoms with Crippen LogP contribution < -0.4 is 5.32 Å². The van der Waals surface area contributed by atoms with E-state index >= 15 is 0 Å². The molecule has 68 valence electrons. The minimum absolute atomic E-state index is 0.636. The van der Waals surface area contributed by atoms with Gasteiger partial charge in [-0.3, -0.25) is 0 Å².